The van der Waals surface area contributed by atoms with Crippen molar-refractivity contribution in [3.05, 3.63) is 202 Å². The van der Waals surface area contributed by atoms with Crippen LogP contribution in [0.2, 0.25) is 0 Å². The molecule has 0 bridgehead atoms. The fourth-order valence-electron chi connectivity index (χ4n) is 17.6. The Morgan fingerprint density at radius 2 is 0.579 bits per heavy atom. The van der Waals surface area contributed by atoms with E-state index in [9.17, 15) is 76.7 Å². The third kappa shape index (κ3) is 31.2. The molecule has 13 N–H and O–H groups in total. The summed E-state index contributed by atoms with van der Waals surface area (Å²) >= 11 is 0. The zero-order chi connectivity index (χ0) is 106. The van der Waals surface area contributed by atoms with Crippen LogP contribution in [0.4, 0.5) is 22.7 Å². The summed E-state index contributed by atoms with van der Waals surface area (Å²) in [4.78, 5) is 218. The molecule has 0 aliphatic carbocycles. The Labute approximate surface area is 846 Å². The van der Waals surface area contributed by atoms with E-state index in [4.69, 9.17) is 9.84 Å². The fourth-order valence-corrected chi connectivity index (χ4v) is 17.6. The number of nitrogens with one attached hydrogen (secondary N) is 12. The average molecular weight is 1990 g/mol. The topological polar surface area (TPSA) is 484 Å². The van der Waals surface area contributed by atoms with Gasteiger partial charge in [-0.05, 0) is 239 Å². The number of rotatable bonds is 47. The summed E-state index contributed by atoms with van der Waals surface area (Å²) in [6, 6.07) is 21.0. The number of fused-ring (bicyclic) bond motifs is 4. The number of likely N-dealkylation sites (N-methyl/N-ethyl adjacent to an activating group) is 4. The number of nitrogens with zero attached hydrogens (tertiary/aromatic N) is 4. The van der Waals surface area contributed by atoms with Crippen molar-refractivity contribution in [2.24, 2.45) is 0 Å². The quantitative estimate of drug-likeness (QED) is 0.00957. The maximum absolute atomic E-state index is 12.9. The summed E-state index contributed by atoms with van der Waals surface area (Å²) in [7, 11) is 1.25. The first-order valence-corrected chi connectivity index (χ1v) is 49.6. The summed E-state index contributed by atoms with van der Waals surface area (Å²) in [5.74, 6) is -3.69. The third-order valence-electron chi connectivity index (χ3n) is 26.1. The van der Waals surface area contributed by atoms with Gasteiger partial charge < -0.3 is 106 Å². The number of carbonyl (C=O) groups is 16. The van der Waals surface area contributed by atoms with Crippen LogP contribution in [0.1, 0.15) is 269 Å². The van der Waals surface area contributed by atoms with Gasteiger partial charge in [-0.1, -0.05) is 73.6 Å². The lowest BCUT2D eigenvalue weighted by molar-refractivity contribution is -0.144. The number of ketones is 5. The summed E-state index contributed by atoms with van der Waals surface area (Å²) in [6.07, 6.45) is 7.94. The summed E-state index contributed by atoms with van der Waals surface area (Å²) in [5.41, 5.74) is 20.2. The lowest BCUT2D eigenvalue weighted by Crippen LogP contribution is -2.35. The van der Waals surface area contributed by atoms with Gasteiger partial charge in [0.25, 0.3) is 47.3 Å². The van der Waals surface area contributed by atoms with E-state index >= 15 is 0 Å². The molecule has 145 heavy (non-hydrogen) atoms. The molecule has 0 saturated heterocycles. The van der Waals surface area contributed by atoms with Crippen LogP contribution in [0, 0.1) is 55.4 Å². The number of aromatic nitrogens is 4. The first kappa shape index (κ1) is 114. The highest BCUT2D eigenvalue weighted by Gasteiger charge is 2.33. The Morgan fingerprint density at radius 3 is 0.828 bits per heavy atom. The summed E-state index contributed by atoms with van der Waals surface area (Å²) in [5, 5.41) is 32.1. The number of methoxy groups -OCH3 is 1. The SMILES string of the molecule is CCN(CC)CCNC(=O)c1c(C)[nH]c(/C=C2\C(=O)Nc3ccc(CC(=O)CCC(=O)O)cc32)c1C.CCN(CC)CCNC(=O)c1c(C)[nH]c(/C=C2\C(=O)Nc3ccc(CC(=O)CCC(C)=O)cc32)c1C.CCN(CC)CCNC(=O)c1c(C)[nH]c(/C=C2\C(=O)Nc3ccc(CC(=O)CCC(C)=O)cc32)c1C.CCN(CC)CCNC(=O)c1c(C)[nH]c(/C=C2\C(=O)Nc3ccc(OC(=O)CCC(=O)OC)cc32)c1C. The third-order valence-corrected chi connectivity index (χ3v) is 26.1. The van der Waals surface area contributed by atoms with E-state index in [1.54, 1.807) is 72.8 Å². The fraction of sp³-hybridized carbons (Fsp3) is 0.418. The highest BCUT2D eigenvalue weighted by atomic mass is 16.5. The number of H-pyrrole nitrogens is 4. The number of aryl methyl sites for hydroxylation is 4. The Hall–Kier alpha value is -14.7. The second-order valence-corrected chi connectivity index (χ2v) is 36.2. The minimum atomic E-state index is -1.01. The van der Waals surface area contributed by atoms with Crippen molar-refractivity contribution in [3.8, 4) is 5.75 Å². The van der Waals surface area contributed by atoms with Crippen LogP contribution in [-0.2, 0) is 81.5 Å². The number of aliphatic carboxylic acids is 1. The molecule has 12 rings (SSSR count). The molecule has 0 radical (unpaired) electrons. The number of carboxylic acids is 1. The second kappa shape index (κ2) is 54.1. The van der Waals surface area contributed by atoms with Gasteiger partial charge in [-0.3, -0.25) is 67.1 Å². The molecule has 35 nitrogen and oxygen atoms in total. The van der Waals surface area contributed by atoms with E-state index in [-0.39, 0.29) is 153 Å². The molecule has 35 heteroatoms. The van der Waals surface area contributed by atoms with Crippen molar-refractivity contribution in [2.75, 3.05) is 133 Å². The molecular formula is C110H140N16O19. The zero-order valence-corrected chi connectivity index (χ0v) is 86.9. The van der Waals surface area contributed by atoms with Crippen molar-refractivity contribution in [1.29, 1.82) is 0 Å². The van der Waals surface area contributed by atoms with Gasteiger partial charge in [-0.25, -0.2) is 0 Å². The maximum atomic E-state index is 12.9. The van der Waals surface area contributed by atoms with Gasteiger partial charge >= 0.3 is 17.9 Å². The van der Waals surface area contributed by atoms with Crippen LogP contribution in [0.15, 0.2) is 72.8 Å². The number of benzene rings is 4. The van der Waals surface area contributed by atoms with E-state index in [1.165, 1.54) is 21.0 Å². The van der Waals surface area contributed by atoms with Crippen molar-refractivity contribution in [1.82, 2.24) is 60.8 Å². The van der Waals surface area contributed by atoms with Crippen molar-refractivity contribution >= 4 is 163 Å². The highest BCUT2D eigenvalue weighted by Crippen LogP contribution is 2.41. The predicted molar refractivity (Wildman–Crippen MR) is 563 cm³/mol. The molecule has 0 saturated carbocycles. The molecule has 8 aromatic rings. The van der Waals surface area contributed by atoms with Gasteiger partial charge in [0.15, 0.2) is 0 Å². The minimum Gasteiger partial charge on any atom is -0.481 e. The predicted octanol–water partition coefficient (Wildman–Crippen LogP) is 13.6. The number of ether oxygens (including phenoxy) is 2. The molecule has 774 valence electrons. The van der Waals surface area contributed by atoms with Gasteiger partial charge in [0, 0.05) is 194 Å². The Kier molecular flexibility index (Phi) is 42.5. The van der Waals surface area contributed by atoms with Gasteiger partial charge in [0.2, 0.25) is 0 Å². The largest absolute Gasteiger partial charge is 0.481 e. The van der Waals surface area contributed by atoms with Crippen LogP contribution in [0.5, 0.6) is 5.75 Å². The lowest BCUT2D eigenvalue weighted by Gasteiger charge is -2.18. The number of hydrogen-bond donors (Lipinski definition) is 13. The lowest BCUT2D eigenvalue weighted by atomic mass is 9.98. The Balaban J connectivity index is 0.000000215. The number of hydrogen-bond acceptors (Lipinski definition) is 22. The number of esters is 2. The average Bonchev–Trinajstić information content (AvgIpc) is 1.64. The normalized spacial score (nSPS) is 13.6. The highest BCUT2D eigenvalue weighted by molar-refractivity contribution is 6.37. The number of carbonyl (C=O) groups excluding carboxylic acids is 15. The van der Waals surface area contributed by atoms with Gasteiger partial charge in [0.1, 0.15) is 34.7 Å². The second-order valence-electron chi connectivity index (χ2n) is 36.2. The van der Waals surface area contributed by atoms with Crippen LogP contribution < -0.4 is 47.3 Å². The van der Waals surface area contributed by atoms with Gasteiger partial charge in [-0.15, -0.1) is 0 Å². The summed E-state index contributed by atoms with van der Waals surface area (Å²) in [6.45, 7) is 47.2. The van der Waals surface area contributed by atoms with Crippen LogP contribution >= 0.6 is 0 Å². The molecule has 4 aromatic heterocycles. The monoisotopic (exact) mass is 1990 g/mol. The first-order valence-electron chi connectivity index (χ1n) is 49.6. The number of aromatic amines is 4. The van der Waals surface area contributed by atoms with Crippen molar-refractivity contribution in [3.63, 3.8) is 0 Å². The van der Waals surface area contributed by atoms with Gasteiger partial charge in [0.05, 0.1) is 70.9 Å². The van der Waals surface area contributed by atoms with E-state index in [2.05, 4.69) is 142 Å². The standard InChI is InChI=1S/2C28H36N4O4.C27H34N4O6.C27H34N4O5/c2*1-6-32(7-2)13-12-29-28(36)26-18(4)25(30-19(26)5)16-23-22-15-20(9-11-24(22)31-27(23)35)14-21(34)10-8-17(3)33;1-6-31(7-2)13-12-28-27(35)25-16(3)22(29-17(25)4)15-20-19-14-18(8-9-21(19)30-26(20)34)37-24(33)11-10-23(32)36-5;1-5-31(6-2)12-11-28-27(36)25-16(3)23(29-17(25)4)15-21-20-14-18(7-9-22(20)30-26(21)35)13-19(32)8-10-24(33)34/h2*9,11,15-16,30H,6-8,10,12-14H2,1-5H3,(H,29,36)(H,31,35);8-9,14-15,29H,6-7,10-13H2,1-5H3,(H,28,35)(H,30,34);7,9,14-15,29H,5-6,8,10-13H2,1-4H3,(H,28,36)(H,30,35)(H,33,34)/b2*23-16-;20-15-;21-15-. The van der Waals surface area contributed by atoms with Crippen LogP contribution in [-0.4, -0.2) is 251 Å². The van der Waals surface area contributed by atoms with E-state index in [0.717, 1.165) is 129 Å². The zero-order valence-electron chi connectivity index (χ0n) is 86.9. The van der Waals surface area contributed by atoms with E-state index in [1.807, 2.05) is 79.7 Å². The number of Topliss-reactive ketones (excluding diaryl/α,β-unsaturated/α-hetero) is 5. The smallest absolute Gasteiger partial charge is 0.311 e. The van der Waals surface area contributed by atoms with Gasteiger partial charge in [-0.2, -0.15) is 0 Å². The molecule has 4 aromatic carbocycles. The molecular weight excluding hydrogens is 1850 g/mol. The molecule has 4 aliphatic rings. The Morgan fingerprint density at radius 1 is 0.331 bits per heavy atom. The molecule has 8 heterocycles. The Bertz CT molecular complexity index is 5900. The van der Waals surface area contributed by atoms with Crippen molar-refractivity contribution in [2.45, 2.75) is 195 Å². The van der Waals surface area contributed by atoms with E-state index in [0.29, 0.717) is 150 Å². The van der Waals surface area contributed by atoms with Crippen LogP contribution in [0.3, 0.4) is 0 Å². The number of carboxylic acid groups (broad SMARTS) is 1. The summed E-state index contributed by atoms with van der Waals surface area (Å²) < 4.78 is 9.88. The number of amides is 8. The maximum Gasteiger partial charge on any atom is 0.311 e. The molecule has 0 atom stereocenters. The molecule has 0 unspecified atom stereocenters. The van der Waals surface area contributed by atoms with Crippen LogP contribution in [0.25, 0.3) is 46.6 Å². The minimum absolute atomic E-state index is 0.00845. The number of anilines is 4. The molecule has 8 amide bonds. The molecule has 0 fully saturated rings. The van der Waals surface area contributed by atoms with Crippen molar-refractivity contribution < 1.29 is 91.3 Å². The first-order chi connectivity index (χ1) is 69.1. The molecule has 4 aliphatic heterocycles. The van der Waals surface area contributed by atoms with E-state index < -0.39 is 17.9 Å². The molecule has 0 spiro atoms.